The summed E-state index contributed by atoms with van der Waals surface area (Å²) in [5, 5.41) is 5.32. The summed E-state index contributed by atoms with van der Waals surface area (Å²) in [4.78, 5) is 37.6. The van der Waals surface area contributed by atoms with Crippen LogP contribution in [0.15, 0.2) is 48.8 Å². The molecule has 3 amide bonds. The highest BCUT2D eigenvalue weighted by atomic mass is 19.4. The van der Waals surface area contributed by atoms with E-state index < -0.39 is 35.4 Å². The third-order valence-corrected chi connectivity index (χ3v) is 7.93. The Kier molecular flexibility index (Phi) is 6.89. The van der Waals surface area contributed by atoms with E-state index in [2.05, 4.69) is 6.58 Å². The predicted molar refractivity (Wildman–Crippen MR) is 138 cm³/mol. The largest absolute Gasteiger partial charge is 0.416 e. The minimum Gasteiger partial charge on any atom is -0.369 e. The van der Waals surface area contributed by atoms with Crippen molar-refractivity contribution in [1.29, 1.82) is 0 Å². The summed E-state index contributed by atoms with van der Waals surface area (Å²) in [5.41, 5.74) is 12.6. The van der Waals surface area contributed by atoms with Gasteiger partial charge in [0.1, 0.15) is 5.69 Å². The van der Waals surface area contributed by atoms with Gasteiger partial charge in [-0.25, -0.2) is 4.39 Å². The molecule has 40 heavy (non-hydrogen) atoms. The van der Waals surface area contributed by atoms with Crippen molar-refractivity contribution in [3.63, 3.8) is 0 Å². The quantitative estimate of drug-likeness (QED) is 0.343. The Labute approximate surface area is 226 Å². The van der Waals surface area contributed by atoms with Crippen molar-refractivity contribution in [1.82, 2.24) is 14.7 Å². The minimum atomic E-state index is -4.52. The molecular weight excluding hydrogens is 530 g/mol. The van der Waals surface area contributed by atoms with Crippen molar-refractivity contribution in [2.75, 3.05) is 13.1 Å². The first-order chi connectivity index (χ1) is 18.9. The second kappa shape index (κ2) is 10.1. The van der Waals surface area contributed by atoms with Gasteiger partial charge in [0, 0.05) is 30.0 Å². The highest BCUT2D eigenvalue weighted by Crippen LogP contribution is 2.44. The van der Waals surface area contributed by atoms with Gasteiger partial charge in [-0.3, -0.25) is 19.1 Å². The van der Waals surface area contributed by atoms with E-state index in [-0.39, 0.29) is 36.4 Å². The van der Waals surface area contributed by atoms with E-state index in [1.54, 1.807) is 16.8 Å². The van der Waals surface area contributed by atoms with Gasteiger partial charge >= 0.3 is 6.18 Å². The van der Waals surface area contributed by atoms with Gasteiger partial charge in [0.2, 0.25) is 5.91 Å². The van der Waals surface area contributed by atoms with Gasteiger partial charge in [0.05, 0.1) is 22.7 Å². The molecule has 0 radical (unpaired) electrons. The summed E-state index contributed by atoms with van der Waals surface area (Å²) in [7, 11) is 0. The van der Waals surface area contributed by atoms with Gasteiger partial charge in [0.25, 0.3) is 11.8 Å². The third-order valence-electron chi connectivity index (χ3n) is 7.93. The molecule has 4 N–H and O–H groups in total. The Hall–Kier alpha value is -4.22. The number of amides is 3. The number of hydrogen-bond acceptors (Lipinski definition) is 4. The fraction of sp³-hybridized carbons (Fsp3) is 0.357. The molecule has 1 saturated heterocycles. The molecule has 1 saturated carbocycles. The average Bonchev–Trinajstić information content (AvgIpc) is 3.27. The molecule has 1 aliphatic heterocycles. The number of carbonyl (C=O) groups is 3. The lowest BCUT2D eigenvalue weighted by molar-refractivity contribution is -0.137. The average molecular weight is 558 g/mol. The Morgan fingerprint density at radius 1 is 0.950 bits per heavy atom. The number of rotatable bonds is 6. The van der Waals surface area contributed by atoms with Crippen molar-refractivity contribution >= 4 is 28.6 Å². The lowest BCUT2D eigenvalue weighted by Gasteiger charge is -2.39. The standard InChI is InChI=1S/C28H27F4N5O3/c1-14(29)27(40)36-12-19(13-36)37-24-21(26(34)39)11-10-20(15-2-4-17(5-3-15)25(33)38)22(24)23(35-37)16-6-8-18(9-7-16)28(30,31)32/h6-11,15,17,19H,1-5,12-13H2,(H2,33,38)(H2,34,39). The third kappa shape index (κ3) is 4.82. The number of hydrogen-bond donors (Lipinski definition) is 2. The zero-order valence-electron chi connectivity index (χ0n) is 21.4. The lowest BCUT2D eigenvalue weighted by Crippen LogP contribution is -2.51. The minimum absolute atomic E-state index is 0.0276. The molecule has 0 unspecified atom stereocenters. The smallest absolute Gasteiger partial charge is 0.369 e. The van der Waals surface area contributed by atoms with E-state index in [0.717, 1.165) is 17.7 Å². The van der Waals surface area contributed by atoms with Crippen LogP contribution in [0.4, 0.5) is 17.6 Å². The Balaban J connectivity index is 1.66. The van der Waals surface area contributed by atoms with E-state index in [9.17, 15) is 31.9 Å². The van der Waals surface area contributed by atoms with Gasteiger partial charge in [-0.2, -0.15) is 18.3 Å². The fourth-order valence-corrected chi connectivity index (χ4v) is 5.76. The Morgan fingerprint density at radius 3 is 2.10 bits per heavy atom. The number of nitrogens with two attached hydrogens (primary N) is 2. The van der Waals surface area contributed by atoms with Crippen molar-refractivity contribution in [2.45, 2.75) is 43.8 Å². The molecule has 2 fully saturated rings. The van der Waals surface area contributed by atoms with Crippen LogP contribution in [0.3, 0.4) is 0 Å². The Morgan fingerprint density at radius 2 is 1.57 bits per heavy atom. The number of alkyl halides is 3. The van der Waals surface area contributed by atoms with Gasteiger partial charge in [-0.15, -0.1) is 0 Å². The van der Waals surface area contributed by atoms with Crippen LogP contribution in [0.1, 0.15) is 59.1 Å². The molecule has 0 spiro atoms. The molecule has 3 aromatic rings. The molecule has 0 atom stereocenters. The number of benzene rings is 2. The van der Waals surface area contributed by atoms with Crippen molar-refractivity contribution < 1.29 is 31.9 Å². The number of likely N-dealkylation sites (tertiary alicyclic amines) is 1. The molecule has 5 rings (SSSR count). The van der Waals surface area contributed by atoms with Crippen molar-refractivity contribution in [2.24, 2.45) is 17.4 Å². The molecule has 210 valence electrons. The highest BCUT2D eigenvalue weighted by Gasteiger charge is 2.37. The molecule has 2 aliphatic rings. The first kappa shape index (κ1) is 27.4. The number of nitrogens with zero attached hydrogens (tertiary/aromatic N) is 3. The number of fused-ring (bicyclic) bond motifs is 1. The molecule has 1 aliphatic carbocycles. The maximum absolute atomic E-state index is 13.4. The van der Waals surface area contributed by atoms with Gasteiger partial charge < -0.3 is 16.4 Å². The second-order valence-electron chi connectivity index (χ2n) is 10.4. The molecule has 0 bridgehead atoms. The van der Waals surface area contributed by atoms with Crippen LogP contribution in [0.2, 0.25) is 0 Å². The lowest BCUT2D eigenvalue weighted by atomic mass is 9.77. The van der Waals surface area contributed by atoms with Crippen LogP contribution in [0.25, 0.3) is 22.2 Å². The summed E-state index contributed by atoms with van der Waals surface area (Å²) >= 11 is 0. The van der Waals surface area contributed by atoms with E-state index in [0.29, 0.717) is 47.8 Å². The fourth-order valence-electron chi connectivity index (χ4n) is 5.76. The summed E-state index contributed by atoms with van der Waals surface area (Å²) in [5.74, 6) is -3.29. The zero-order chi connectivity index (χ0) is 28.9. The molecule has 12 heteroatoms. The molecule has 2 heterocycles. The topological polar surface area (TPSA) is 124 Å². The number of halogens is 4. The normalized spacial score (nSPS) is 19.9. The van der Waals surface area contributed by atoms with Crippen LogP contribution < -0.4 is 11.5 Å². The number of carbonyl (C=O) groups excluding carboxylic acids is 3. The first-order valence-corrected chi connectivity index (χ1v) is 12.8. The first-order valence-electron chi connectivity index (χ1n) is 12.8. The van der Waals surface area contributed by atoms with E-state index >= 15 is 0 Å². The Bertz CT molecular complexity index is 1520. The summed E-state index contributed by atoms with van der Waals surface area (Å²) in [6.45, 7) is 3.23. The monoisotopic (exact) mass is 557 g/mol. The molecule has 1 aromatic heterocycles. The second-order valence-corrected chi connectivity index (χ2v) is 10.4. The zero-order valence-corrected chi connectivity index (χ0v) is 21.4. The molecule has 2 aromatic carbocycles. The maximum Gasteiger partial charge on any atom is 0.416 e. The molecule has 8 nitrogen and oxygen atoms in total. The van der Waals surface area contributed by atoms with Crippen LogP contribution in [-0.2, 0) is 15.8 Å². The van der Waals surface area contributed by atoms with E-state index in [4.69, 9.17) is 16.6 Å². The van der Waals surface area contributed by atoms with E-state index in [1.807, 2.05) is 0 Å². The maximum atomic E-state index is 13.4. The van der Waals surface area contributed by atoms with Gasteiger partial charge in [0.15, 0.2) is 5.83 Å². The highest BCUT2D eigenvalue weighted by molar-refractivity contribution is 6.09. The van der Waals surface area contributed by atoms with E-state index in [1.165, 1.54) is 17.0 Å². The van der Waals surface area contributed by atoms with Crippen LogP contribution in [0.5, 0.6) is 0 Å². The van der Waals surface area contributed by atoms with Crippen LogP contribution >= 0.6 is 0 Å². The van der Waals surface area contributed by atoms with Gasteiger partial charge in [-0.1, -0.05) is 24.8 Å². The summed E-state index contributed by atoms with van der Waals surface area (Å²) in [6, 6.07) is 7.51. The number of primary amides is 2. The summed E-state index contributed by atoms with van der Waals surface area (Å²) in [6.07, 6.45) is -2.09. The molecular formula is C28H27F4N5O3. The number of aromatic nitrogens is 2. The van der Waals surface area contributed by atoms with Gasteiger partial charge in [-0.05, 0) is 55.4 Å². The van der Waals surface area contributed by atoms with Crippen molar-refractivity contribution in [3.8, 4) is 11.3 Å². The summed E-state index contributed by atoms with van der Waals surface area (Å²) < 4.78 is 54.8. The van der Waals surface area contributed by atoms with Crippen LogP contribution in [0, 0.1) is 5.92 Å². The predicted octanol–water partition coefficient (Wildman–Crippen LogP) is 4.45. The van der Waals surface area contributed by atoms with Crippen LogP contribution in [-0.4, -0.2) is 45.5 Å². The van der Waals surface area contributed by atoms with Crippen molar-refractivity contribution in [3.05, 3.63) is 65.5 Å². The SMILES string of the molecule is C=C(F)C(=O)N1CC(n2nc(-c3ccc(C(F)(F)F)cc3)c3c(C4CCC(C(N)=O)CC4)ccc(C(N)=O)c32)C1.